The lowest BCUT2D eigenvalue weighted by atomic mass is 10.2. The number of aliphatic hydroxyl groups is 1. The Bertz CT molecular complexity index is 366. The topological polar surface area (TPSA) is 49.3 Å². The van der Waals surface area contributed by atoms with Crippen LogP contribution in [0, 0.1) is 6.92 Å². The summed E-state index contributed by atoms with van der Waals surface area (Å²) in [6, 6.07) is 5.78. The number of halogens is 1. The predicted octanol–water partition coefficient (Wildman–Crippen LogP) is 2.86. The number of carbonyl (C=O) groups is 1. The first-order valence-electron chi connectivity index (χ1n) is 5.30. The van der Waals surface area contributed by atoms with Crippen LogP contribution in [0.1, 0.15) is 24.8 Å². The van der Waals surface area contributed by atoms with Crippen LogP contribution in [0.2, 0.25) is 0 Å². The van der Waals surface area contributed by atoms with Gasteiger partial charge in [-0.1, -0.05) is 22.0 Å². The number of unbranched alkanes of at least 4 members (excludes halogenated alkanes) is 1. The second-order valence-corrected chi connectivity index (χ2v) is 4.60. The number of benzene rings is 1. The fourth-order valence-corrected chi connectivity index (χ4v) is 1.70. The van der Waals surface area contributed by atoms with Gasteiger partial charge in [0.15, 0.2) is 0 Å². The number of rotatable bonds is 5. The number of anilines is 1. The average molecular weight is 286 g/mol. The molecule has 1 aromatic rings. The maximum Gasteiger partial charge on any atom is 0.224 e. The number of carbonyl (C=O) groups excluding carboxylic acids is 1. The first-order chi connectivity index (χ1) is 7.63. The Labute approximate surface area is 104 Å². The summed E-state index contributed by atoms with van der Waals surface area (Å²) in [5.74, 6) is -0.00495. The van der Waals surface area contributed by atoms with Crippen LogP contribution in [0.4, 0.5) is 5.69 Å². The first-order valence-corrected chi connectivity index (χ1v) is 6.09. The molecule has 0 aliphatic heterocycles. The average Bonchev–Trinajstić information content (AvgIpc) is 2.24. The third kappa shape index (κ3) is 4.33. The van der Waals surface area contributed by atoms with Gasteiger partial charge in [-0.15, -0.1) is 0 Å². The number of hydrogen-bond acceptors (Lipinski definition) is 2. The molecule has 1 rings (SSSR count). The van der Waals surface area contributed by atoms with Crippen molar-refractivity contribution in [3.63, 3.8) is 0 Å². The molecular weight excluding hydrogens is 270 g/mol. The van der Waals surface area contributed by atoms with E-state index in [2.05, 4.69) is 21.2 Å². The van der Waals surface area contributed by atoms with Gasteiger partial charge in [-0.25, -0.2) is 0 Å². The summed E-state index contributed by atoms with van der Waals surface area (Å²) in [6.07, 6.45) is 1.84. The molecular formula is C12H16BrNO2. The van der Waals surface area contributed by atoms with Crippen molar-refractivity contribution >= 4 is 27.5 Å². The van der Waals surface area contributed by atoms with Gasteiger partial charge >= 0.3 is 0 Å². The van der Waals surface area contributed by atoms with Gasteiger partial charge in [0, 0.05) is 23.2 Å². The Morgan fingerprint density at radius 1 is 1.44 bits per heavy atom. The van der Waals surface area contributed by atoms with Gasteiger partial charge in [-0.2, -0.15) is 0 Å². The van der Waals surface area contributed by atoms with Gasteiger partial charge < -0.3 is 10.4 Å². The molecule has 0 heterocycles. The van der Waals surface area contributed by atoms with Gasteiger partial charge in [-0.3, -0.25) is 4.79 Å². The van der Waals surface area contributed by atoms with E-state index >= 15 is 0 Å². The highest BCUT2D eigenvalue weighted by molar-refractivity contribution is 9.10. The molecule has 2 N–H and O–H groups in total. The number of hydrogen-bond donors (Lipinski definition) is 2. The zero-order valence-electron chi connectivity index (χ0n) is 9.29. The molecule has 0 bridgehead atoms. The SMILES string of the molecule is Cc1ccc(Br)cc1NC(=O)CCCCO. The Kier molecular flexibility index (Phi) is 5.49. The van der Waals surface area contributed by atoms with Crippen LogP contribution in [0.5, 0.6) is 0 Å². The largest absolute Gasteiger partial charge is 0.396 e. The second-order valence-electron chi connectivity index (χ2n) is 3.69. The molecule has 1 amide bonds. The molecule has 0 aromatic heterocycles. The summed E-state index contributed by atoms with van der Waals surface area (Å²) < 4.78 is 0.948. The highest BCUT2D eigenvalue weighted by Crippen LogP contribution is 2.20. The van der Waals surface area contributed by atoms with Crippen molar-refractivity contribution in [1.82, 2.24) is 0 Å². The van der Waals surface area contributed by atoms with E-state index in [1.165, 1.54) is 0 Å². The van der Waals surface area contributed by atoms with Gasteiger partial charge in [0.2, 0.25) is 5.91 Å². The molecule has 3 nitrogen and oxygen atoms in total. The molecule has 0 unspecified atom stereocenters. The highest BCUT2D eigenvalue weighted by Gasteiger charge is 2.04. The minimum atomic E-state index is -0.00495. The molecule has 0 spiro atoms. The van der Waals surface area contributed by atoms with E-state index in [4.69, 9.17) is 5.11 Å². The number of aryl methyl sites for hydroxylation is 1. The Morgan fingerprint density at radius 2 is 2.19 bits per heavy atom. The smallest absolute Gasteiger partial charge is 0.224 e. The third-order valence-electron chi connectivity index (χ3n) is 2.29. The lowest BCUT2D eigenvalue weighted by Crippen LogP contribution is -2.12. The van der Waals surface area contributed by atoms with Crippen molar-refractivity contribution < 1.29 is 9.90 Å². The van der Waals surface area contributed by atoms with Crippen molar-refractivity contribution in [2.45, 2.75) is 26.2 Å². The lowest BCUT2D eigenvalue weighted by molar-refractivity contribution is -0.116. The fraction of sp³-hybridized carbons (Fsp3) is 0.417. The monoisotopic (exact) mass is 285 g/mol. The van der Waals surface area contributed by atoms with E-state index < -0.39 is 0 Å². The van der Waals surface area contributed by atoms with E-state index in [9.17, 15) is 4.79 Å². The van der Waals surface area contributed by atoms with Crippen molar-refractivity contribution in [3.8, 4) is 0 Å². The van der Waals surface area contributed by atoms with Gasteiger partial charge in [0.05, 0.1) is 0 Å². The van der Waals surface area contributed by atoms with Crippen molar-refractivity contribution in [2.75, 3.05) is 11.9 Å². The first kappa shape index (κ1) is 13.2. The van der Waals surface area contributed by atoms with Crippen LogP contribution in [0.25, 0.3) is 0 Å². The maximum atomic E-state index is 11.5. The summed E-state index contributed by atoms with van der Waals surface area (Å²) >= 11 is 3.37. The highest BCUT2D eigenvalue weighted by atomic mass is 79.9. The van der Waals surface area contributed by atoms with Crippen molar-refractivity contribution in [2.24, 2.45) is 0 Å². The normalized spacial score (nSPS) is 10.2. The quantitative estimate of drug-likeness (QED) is 0.818. The van der Waals surface area contributed by atoms with E-state index in [-0.39, 0.29) is 12.5 Å². The van der Waals surface area contributed by atoms with E-state index in [0.717, 1.165) is 22.1 Å². The number of aliphatic hydroxyl groups excluding tert-OH is 1. The van der Waals surface area contributed by atoms with E-state index in [1.807, 2.05) is 25.1 Å². The molecule has 0 aliphatic carbocycles. The van der Waals surface area contributed by atoms with Crippen LogP contribution >= 0.6 is 15.9 Å². The Hall–Kier alpha value is -0.870. The summed E-state index contributed by atoms with van der Waals surface area (Å²) in [5, 5.41) is 11.5. The van der Waals surface area contributed by atoms with Crippen LogP contribution in [0.15, 0.2) is 22.7 Å². The van der Waals surface area contributed by atoms with E-state index in [0.29, 0.717) is 12.8 Å². The summed E-state index contributed by atoms with van der Waals surface area (Å²) in [6.45, 7) is 2.10. The maximum absolute atomic E-state index is 11.5. The summed E-state index contributed by atoms with van der Waals surface area (Å²) in [5.41, 5.74) is 1.88. The van der Waals surface area contributed by atoms with Gasteiger partial charge in [-0.05, 0) is 37.5 Å². The molecule has 16 heavy (non-hydrogen) atoms. The molecule has 0 saturated heterocycles. The molecule has 0 atom stereocenters. The van der Waals surface area contributed by atoms with Crippen LogP contribution in [0.3, 0.4) is 0 Å². The second kappa shape index (κ2) is 6.66. The molecule has 88 valence electrons. The number of amides is 1. The Morgan fingerprint density at radius 3 is 2.88 bits per heavy atom. The molecule has 1 aromatic carbocycles. The van der Waals surface area contributed by atoms with Crippen molar-refractivity contribution in [3.05, 3.63) is 28.2 Å². The predicted molar refractivity (Wildman–Crippen MR) is 68.4 cm³/mol. The fourth-order valence-electron chi connectivity index (χ4n) is 1.34. The van der Waals surface area contributed by atoms with Crippen LogP contribution < -0.4 is 5.32 Å². The molecule has 0 saturated carbocycles. The van der Waals surface area contributed by atoms with Gasteiger partial charge in [0.25, 0.3) is 0 Å². The minimum absolute atomic E-state index is 0.00495. The van der Waals surface area contributed by atoms with Gasteiger partial charge in [0.1, 0.15) is 0 Å². The molecule has 0 radical (unpaired) electrons. The minimum Gasteiger partial charge on any atom is -0.396 e. The molecule has 0 aliphatic rings. The molecule has 0 fully saturated rings. The van der Waals surface area contributed by atoms with E-state index in [1.54, 1.807) is 0 Å². The number of nitrogens with one attached hydrogen (secondary N) is 1. The summed E-state index contributed by atoms with van der Waals surface area (Å²) in [4.78, 5) is 11.5. The Balaban J connectivity index is 2.52. The van der Waals surface area contributed by atoms with Crippen LogP contribution in [-0.2, 0) is 4.79 Å². The van der Waals surface area contributed by atoms with Crippen LogP contribution in [-0.4, -0.2) is 17.6 Å². The third-order valence-corrected chi connectivity index (χ3v) is 2.78. The lowest BCUT2D eigenvalue weighted by Gasteiger charge is -2.08. The zero-order chi connectivity index (χ0) is 12.0. The van der Waals surface area contributed by atoms with Crippen molar-refractivity contribution in [1.29, 1.82) is 0 Å². The molecule has 4 heteroatoms. The standard InChI is InChI=1S/C12H16BrNO2/c1-9-5-6-10(13)8-11(9)14-12(16)4-2-3-7-15/h5-6,8,15H,2-4,7H2,1H3,(H,14,16). The zero-order valence-corrected chi connectivity index (χ0v) is 10.9. The summed E-state index contributed by atoms with van der Waals surface area (Å²) in [7, 11) is 0.